The molecule has 2 rings (SSSR count). The van der Waals surface area contributed by atoms with Gasteiger partial charge in [0.1, 0.15) is 5.82 Å². The minimum Gasteiger partial charge on any atom is -0.481 e. The molecule has 0 radical (unpaired) electrons. The van der Waals surface area contributed by atoms with Crippen molar-refractivity contribution in [2.75, 3.05) is 0 Å². The first-order chi connectivity index (χ1) is 7.08. The van der Waals surface area contributed by atoms with Gasteiger partial charge in [-0.15, -0.1) is 0 Å². The van der Waals surface area contributed by atoms with Crippen LogP contribution < -0.4 is 0 Å². The van der Waals surface area contributed by atoms with Gasteiger partial charge in [-0.1, -0.05) is 18.6 Å². The third-order valence-corrected chi connectivity index (χ3v) is 3.70. The smallest absolute Gasteiger partial charge is 0.314 e. The molecule has 0 spiro atoms. The van der Waals surface area contributed by atoms with E-state index in [1.807, 2.05) is 0 Å². The first-order valence-corrected chi connectivity index (χ1v) is 5.55. The van der Waals surface area contributed by atoms with Crippen molar-refractivity contribution in [3.63, 3.8) is 0 Å². The van der Waals surface area contributed by atoms with Crippen LogP contribution in [0.5, 0.6) is 0 Å². The zero-order valence-corrected chi connectivity index (χ0v) is 9.55. The predicted octanol–water partition coefficient (Wildman–Crippen LogP) is 3.09. The Bertz CT molecular complexity index is 413. The Morgan fingerprint density at radius 2 is 2.13 bits per heavy atom. The third kappa shape index (κ3) is 1.47. The summed E-state index contributed by atoms with van der Waals surface area (Å²) in [5, 5.41) is 9.17. The average Bonchev–Trinajstić information content (AvgIpc) is 2.09. The summed E-state index contributed by atoms with van der Waals surface area (Å²) in [5.41, 5.74) is -0.691. The Hall–Kier alpha value is -0.900. The fraction of sp³-hybridized carbons (Fsp3) is 0.364. The van der Waals surface area contributed by atoms with Crippen LogP contribution in [0.3, 0.4) is 0 Å². The Morgan fingerprint density at radius 1 is 1.47 bits per heavy atom. The molecule has 0 atom stereocenters. The van der Waals surface area contributed by atoms with E-state index >= 15 is 0 Å². The van der Waals surface area contributed by atoms with E-state index in [2.05, 4.69) is 15.9 Å². The summed E-state index contributed by atoms with van der Waals surface area (Å²) in [6.07, 6.45) is 1.89. The van der Waals surface area contributed by atoms with E-state index in [1.165, 1.54) is 0 Å². The van der Waals surface area contributed by atoms with Gasteiger partial charge in [-0.05, 0) is 34.8 Å². The van der Waals surface area contributed by atoms with Gasteiger partial charge in [0.25, 0.3) is 0 Å². The molecule has 0 amide bonds. The minimum atomic E-state index is -0.992. The number of carboxylic acids is 1. The van der Waals surface area contributed by atoms with Crippen LogP contribution in [-0.2, 0) is 10.2 Å². The summed E-state index contributed by atoms with van der Waals surface area (Å²) >= 11 is 3.07. The van der Waals surface area contributed by atoms with Crippen LogP contribution in [-0.4, -0.2) is 11.1 Å². The number of hydrogen-bond acceptors (Lipinski definition) is 1. The van der Waals surface area contributed by atoms with Gasteiger partial charge in [-0.25, -0.2) is 4.39 Å². The number of rotatable bonds is 2. The summed E-state index contributed by atoms with van der Waals surface area (Å²) in [5.74, 6) is -1.37. The van der Waals surface area contributed by atoms with Crippen molar-refractivity contribution in [2.45, 2.75) is 24.7 Å². The van der Waals surface area contributed by atoms with E-state index in [1.54, 1.807) is 18.2 Å². The molecule has 80 valence electrons. The molecule has 1 aliphatic rings. The fourth-order valence-corrected chi connectivity index (χ4v) is 2.37. The van der Waals surface area contributed by atoms with E-state index in [4.69, 9.17) is 0 Å². The summed E-state index contributed by atoms with van der Waals surface area (Å²) in [6, 6.07) is 4.81. The molecule has 0 heterocycles. The van der Waals surface area contributed by atoms with Gasteiger partial charge < -0.3 is 5.11 Å². The molecule has 0 aliphatic heterocycles. The first-order valence-electron chi connectivity index (χ1n) is 4.76. The van der Waals surface area contributed by atoms with Crippen LogP contribution in [0.1, 0.15) is 24.8 Å². The van der Waals surface area contributed by atoms with Crippen molar-refractivity contribution < 1.29 is 14.3 Å². The van der Waals surface area contributed by atoms with Crippen LogP contribution in [0.15, 0.2) is 22.7 Å². The largest absolute Gasteiger partial charge is 0.481 e. The molecule has 0 unspecified atom stereocenters. The van der Waals surface area contributed by atoms with Gasteiger partial charge in [-0.3, -0.25) is 4.79 Å². The Labute approximate surface area is 95.2 Å². The van der Waals surface area contributed by atoms with Crippen molar-refractivity contribution in [3.8, 4) is 0 Å². The van der Waals surface area contributed by atoms with Crippen molar-refractivity contribution in [1.82, 2.24) is 0 Å². The van der Waals surface area contributed by atoms with E-state index in [0.29, 0.717) is 22.9 Å². The molecule has 1 saturated carbocycles. The Balaban J connectivity index is 2.53. The van der Waals surface area contributed by atoms with Gasteiger partial charge in [0.05, 0.1) is 9.89 Å². The number of benzene rings is 1. The maximum atomic E-state index is 13.8. The molecular formula is C11H10BrFO2. The lowest BCUT2D eigenvalue weighted by Crippen LogP contribution is -2.43. The Kier molecular flexibility index (Phi) is 2.54. The number of carboxylic acid groups (broad SMARTS) is 1. The minimum absolute atomic E-state index is 0.302. The highest BCUT2D eigenvalue weighted by Gasteiger charge is 2.47. The van der Waals surface area contributed by atoms with Gasteiger partial charge in [0.15, 0.2) is 0 Å². The van der Waals surface area contributed by atoms with E-state index in [0.717, 1.165) is 6.42 Å². The molecule has 1 aromatic carbocycles. The average molecular weight is 273 g/mol. The summed E-state index contributed by atoms with van der Waals surface area (Å²) in [4.78, 5) is 11.2. The van der Waals surface area contributed by atoms with Gasteiger partial charge in [-0.2, -0.15) is 0 Å². The Morgan fingerprint density at radius 3 is 2.60 bits per heavy atom. The molecule has 1 aromatic rings. The number of aliphatic carboxylic acids is 1. The lowest BCUT2D eigenvalue weighted by atomic mass is 9.64. The zero-order chi connectivity index (χ0) is 11.1. The second kappa shape index (κ2) is 3.59. The molecule has 4 heteroatoms. The van der Waals surface area contributed by atoms with Gasteiger partial charge in [0, 0.05) is 5.56 Å². The monoisotopic (exact) mass is 272 g/mol. The molecular weight excluding hydrogens is 263 g/mol. The standard InChI is InChI=1S/C11H10BrFO2/c12-8-4-1-3-7(9(8)13)11(10(14)15)5-2-6-11/h1,3-4H,2,5-6H2,(H,14,15). The van der Waals surface area contributed by atoms with Crippen molar-refractivity contribution in [1.29, 1.82) is 0 Å². The van der Waals surface area contributed by atoms with Gasteiger partial charge >= 0.3 is 5.97 Å². The maximum Gasteiger partial charge on any atom is 0.314 e. The zero-order valence-electron chi connectivity index (χ0n) is 7.96. The summed E-state index contributed by atoms with van der Waals surface area (Å²) in [6.45, 7) is 0. The molecule has 0 aromatic heterocycles. The topological polar surface area (TPSA) is 37.3 Å². The lowest BCUT2D eigenvalue weighted by molar-refractivity contribution is -0.147. The van der Waals surface area contributed by atoms with Crippen LogP contribution in [0.25, 0.3) is 0 Å². The maximum absolute atomic E-state index is 13.8. The van der Waals surface area contributed by atoms with Crippen LogP contribution in [0, 0.1) is 5.82 Å². The lowest BCUT2D eigenvalue weighted by Gasteiger charge is -2.38. The molecule has 1 fully saturated rings. The molecule has 1 N–H and O–H groups in total. The fourth-order valence-electron chi connectivity index (χ4n) is 2.00. The highest BCUT2D eigenvalue weighted by atomic mass is 79.9. The number of carbonyl (C=O) groups is 1. The second-order valence-corrected chi connectivity index (χ2v) is 4.70. The molecule has 15 heavy (non-hydrogen) atoms. The SMILES string of the molecule is O=C(O)C1(c2cccc(Br)c2F)CCC1. The first kappa shape index (κ1) is 10.6. The normalized spacial score (nSPS) is 18.3. The molecule has 0 saturated heterocycles. The summed E-state index contributed by atoms with van der Waals surface area (Å²) in [7, 11) is 0. The van der Waals surface area contributed by atoms with E-state index < -0.39 is 17.2 Å². The van der Waals surface area contributed by atoms with Crippen molar-refractivity contribution in [3.05, 3.63) is 34.1 Å². The third-order valence-electron chi connectivity index (χ3n) is 3.08. The number of halogens is 2. The highest BCUT2D eigenvalue weighted by Crippen LogP contribution is 2.45. The van der Waals surface area contributed by atoms with E-state index in [9.17, 15) is 14.3 Å². The van der Waals surface area contributed by atoms with Crippen LogP contribution in [0.4, 0.5) is 4.39 Å². The van der Waals surface area contributed by atoms with E-state index in [-0.39, 0.29) is 0 Å². The van der Waals surface area contributed by atoms with Crippen LogP contribution in [0.2, 0.25) is 0 Å². The predicted molar refractivity (Wildman–Crippen MR) is 57.3 cm³/mol. The van der Waals surface area contributed by atoms with Gasteiger partial charge in [0.2, 0.25) is 0 Å². The molecule has 0 bridgehead atoms. The van der Waals surface area contributed by atoms with Crippen molar-refractivity contribution >= 4 is 21.9 Å². The summed E-state index contributed by atoms with van der Waals surface area (Å²) < 4.78 is 14.1. The van der Waals surface area contributed by atoms with Crippen LogP contribution >= 0.6 is 15.9 Å². The number of hydrogen-bond donors (Lipinski definition) is 1. The molecule has 2 nitrogen and oxygen atoms in total. The second-order valence-electron chi connectivity index (χ2n) is 3.84. The van der Waals surface area contributed by atoms with Crippen molar-refractivity contribution in [2.24, 2.45) is 0 Å². The molecule has 1 aliphatic carbocycles. The quantitative estimate of drug-likeness (QED) is 0.899. The highest BCUT2D eigenvalue weighted by molar-refractivity contribution is 9.10.